The largest absolute Gasteiger partial charge is 0.395 e. The van der Waals surface area contributed by atoms with Crippen LogP contribution in [0.25, 0.3) is 0 Å². The number of carbonyl (C=O) groups excluding carboxylic acids is 3. The molecule has 2 aliphatic rings. The Kier molecular flexibility index (Phi) is 6.98. The van der Waals surface area contributed by atoms with Crippen LogP contribution in [0, 0.1) is 0 Å². The van der Waals surface area contributed by atoms with Crippen LogP contribution in [0.4, 0.5) is 0 Å². The topological polar surface area (TPSA) is 77.9 Å². The molecule has 0 aromatic heterocycles. The number of carbonyl (C=O) groups is 3. The minimum Gasteiger partial charge on any atom is -0.395 e. The van der Waals surface area contributed by atoms with E-state index in [9.17, 15) is 14.4 Å². The lowest BCUT2D eigenvalue weighted by atomic mass is 9.63. The fourth-order valence-corrected chi connectivity index (χ4v) is 5.34. The van der Waals surface area contributed by atoms with Crippen molar-refractivity contribution in [1.82, 2.24) is 9.80 Å². The van der Waals surface area contributed by atoms with Gasteiger partial charge < -0.3 is 10.0 Å². The molecule has 35 heavy (non-hydrogen) atoms. The summed E-state index contributed by atoms with van der Waals surface area (Å²) in [5.41, 5.74) is 3.42. The molecule has 0 unspecified atom stereocenters. The lowest BCUT2D eigenvalue weighted by Gasteiger charge is -2.42. The van der Waals surface area contributed by atoms with E-state index in [1.807, 2.05) is 12.1 Å². The van der Waals surface area contributed by atoms with Crippen LogP contribution in [0.2, 0.25) is 0 Å². The molecule has 1 saturated heterocycles. The maximum absolute atomic E-state index is 13.6. The Bertz CT molecular complexity index is 1140. The first-order valence-electron chi connectivity index (χ1n) is 12.5. The monoisotopic (exact) mass is 476 g/mol. The van der Waals surface area contributed by atoms with Gasteiger partial charge in [0.1, 0.15) is 0 Å². The molecule has 1 fully saturated rings. The summed E-state index contributed by atoms with van der Waals surface area (Å²) in [6.07, 6.45) is 2.13. The Balaban J connectivity index is 1.61. The average molecular weight is 477 g/mol. The van der Waals surface area contributed by atoms with Gasteiger partial charge in [-0.25, -0.2) is 0 Å². The number of amides is 1. The van der Waals surface area contributed by atoms with E-state index in [0.717, 1.165) is 12.8 Å². The lowest BCUT2D eigenvalue weighted by molar-refractivity contribution is -0.128. The van der Waals surface area contributed by atoms with Crippen LogP contribution in [-0.2, 0) is 15.6 Å². The molecule has 6 nitrogen and oxygen atoms in total. The molecule has 2 aromatic carbocycles. The Hall–Kier alpha value is -2.83. The van der Waals surface area contributed by atoms with Crippen LogP contribution in [0.15, 0.2) is 42.5 Å². The molecule has 4 rings (SSSR count). The first-order chi connectivity index (χ1) is 16.5. The lowest BCUT2D eigenvalue weighted by Crippen LogP contribution is -2.51. The van der Waals surface area contributed by atoms with Crippen molar-refractivity contribution in [2.45, 2.75) is 51.4 Å². The van der Waals surface area contributed by atoms with Crippen LogP contribution in [0.1, 0.15) is 77.9 Å². The molecule has 1 heterocycles. The maximum atomic E-state index is 13.6. The first kappa shape index (κ1) is 25.3. The van der Waals surface area contributed by atoms with Gasteiger partial charge in [0.25, 0.3) is 11.7 Å². The number of β-amino-alcohol motifs (C(OH)–C–C–N with tert-alkyl or cyclic N) is 1. The molecular weight excluding hydrogens is 440 g/mol. The predicted molar refractivity (Wildman–Crippen MR) is 136 cm³/mol. The summed E-state index contributed by atoms with van der Waals surface area (Å²) >= 11 is 0. The molecular formula is C29H36N2O4. The smallest absolute Gasteiger partial charge is 0.295 e. The second-order valence-corrected chi connectivity index (χ2v) is 11.1. The summed E-state index contributed by atoms with van der Waals surface area (Å²) in [5.74, 6) is -1.47. The Labute approximate surface area is 207 Å². The van der Waals surface area contributed by atoms with Gasteiger partial charge in [-0.05, 0) is 40.9 Å². The standard InChI is InChI=1S/C29H36N2O4/c1-28(2)11-12-29(3,4)24-19-20(9-10-23(24)28)25(33)21-7-5-6-8-22(21)26(34)27(35)31-15-13-30(14-16-31)17-18-32/h5-10,19,32H,11-18H2,1-4H3. The number of hydrogen-bond donors (Lipinski definition) is 1. The molecule has 0 bridgehead atoms. The van der Waals surface area contributed by atoms with Crippen LogP contribution >= 0.6 is 0 Å². The van der Waals surface area contributed by atoms with Crippen molar-refractivity contribution < 1.29 is 19.5 Å². The highest BCUT2D eigenvalue weighted by Gasteiger charge is 2.37. The summed E-state index contributed by atoms with van der Waals surface area (Å²) in [6.45, 7) is 11.6. The molecule has 2 aromatic rings. The van der Waals surface area contributed by atoms with Gasteiger partial charge in [0, 0.05) is 49.4 Å². The van der Waals surface area contributed by atoms with Crippen LogP contribution in [0.5, 0.6) is 0 Å². The van der Waals surface area contributed by atoms with E-state index in [0.29, 0.717) is 38.3 Å². The molecule has 1 amide bonds. The summed E-state index contributed by atoms with van der Waals surface area (Å²) in [6, 6.07) is 12.5. The van der Waals surface area contributed by atoms with E-state index in [-0.39, 0.29) is 34.3 Å². The summed E-state index contributed by atoms with van der Waals surface area (Å²) in [7, 11) is 0. The molecule has 0 atom stereocenters. The van der Waals surface area contributed by atoms with Gasteiger partial charge >= 0.3 is 0 Å². The molecule has 0 spiro atoms. The van der Waals surface area contributed by atoms with Crippen molar-refractivity contribution >= 4 is 17.5 Å². The van der Waals surface area contributed by atoms with Crippen molar-refractivity contribution in [2.75, 3.05) is 39.3 Å². The fraction of sp³-hybridized carbons (Fsp3) is 0.483. The van der Waals surface area contributed by atoms with Gasteiger partial charge in [-0.2, -0.15) is 0 Å². The zero-order chi connectivity index (χ0) is 25.4. The van der Waals surface area contributed by atoms with Crippen molar-refractivity contribution in [3.63, 3.8) is 0 Å². The minimum atomic E-state index is -0.649. The number of aliphatic hydroxyl groups excluding tert-OH is 1. The molecule has 186 valence electrons. The molecule has 1 N–H and O–H groups in total. The number of rotatable bonds is 6. The third-order valence-electron chi connectivity index (χ3n) is 7.80. The third kappa shape index (κ3) is 4.95. The minimum absolute atomic E-state index is 0.0371. The fourth-order valence-electron chi connectivity index (χ4n) is 5.34. The zero-order valence-corrected chi connectivity index (χ0v) is 21.3. The van der Waals surface area contributed by atoms with E-state index in [1.165, 1.54) is 11.1 Å². The highest BCUT2D eigenvalue weighted by atomic mass is 16.3. The van der Waals surface area contributed by atoms with Gasteiger partial charge in [0.2, 0.25) is 0 Å². The van der Waals surface area contributed by atoms with Gasteiger partial charge in [-0.1, -0.05) is 64.1 Å². The number of nitrogens with zero attached hydrogens (tertiary/aromatic N) is 2. The number of piperazine rings is 1. The van der Waals surface area contributed by atoms with E-state index in [1.54, 1.807) is 29.2 Å². The number of benzene rings is 2. The van der Waals surface area contributed by atoms with E-state index < -0.39 is 11.7 Å². The third-order valence-corrected chi connectivity index (χ3v) is 7.80. The Morgan fingerprint density at radius 1 is 0.829 bits per heavy atom. The van der Waals surface area contributed by atoms with Crippen molar-refractivity contribution in [1.29, 1.82) is 0 Å². The summed E-state index contributed by atoms with van der Waals surface area (Å²) in [5, 5.41) is 9.12. The SMILES string of the molecule is CC1(C)CCC(C)(C)c2cc(C(=O)c3ccccc3C(=O)C(=O)N3CCN(CCO)CC3)ccc21. The van der Waals surface area contributed by atoms with Crippen molar-refractivity contribution in [3.8, 4) is 0 Å². The summed E-state index contributed by atoms with van der Waals surface area (Å²) < 4.78 is 0. The van der Waals surface area contributed by atoms with Crippen LogP contribution in [-0.4, -0.2) is 71.7 Å². The van der Waals surface area contributed by atoms with Crippen molar-refractivity contribution in [3.05, 3.63) is 70.3 Å². The van der Waals surface area contributed by atoms with Gasteiger partial charge in [0.15, 0.2) is 5.78 Å². The van der Waals surface area contributed by atoms with Gasteiger partial charge in [-0.15, -0.1) is 0 Å². The quantitative estimate of drug-likeness (QED) is 0.509. The first-order valence-corrected chi connectivity index (χ1v) is 12.5. The number of hydrogen-bond acceptors (Lipinski definition) is 5. The van der Waals surface area contributed by atoms with E-state index in [2.05, 4.69) is 38.7 Å². The van der Waals surface area contributed by atoms with Gasteiger partial charge in [-0.3, -0.25) is 19.3 Å². The van der Waals surface area contributed by atoms with Crippen LogP contribution in [0.3, 0.4) is 0 Å². The molecule has 6 heteroatoms. The zero-order valence-electron chi connectivity index (χ0n) is 21.3. The number of ketones is 2. The van der Waals surface area contributed by atoms with E-state index >= 15 is 0 Å². The number of fused-ring (bicyclic) bond motifs is 1. The number of Topliss-reactive ketones (excluding diaryl/α,β-unsaturated/α-hetero) is 1. The second-order valence-electron chi connectivity index (χ2n) is 11.1. The predicted octanol–water partition coefficient (Wildman–Crippen LogP) is 3.59. The van der Waals surface area contributed by atoms with Gasteiger partial charge in [0.05, 0.1) is 6.61 Å². The number of aliphatic hydroxyl groups is 1. The molecule has 0 radical (unpaired) electrons. The second kappa shape index (κ2) is 9.67. The highest BCUT2D eigenvalue weighted by Crippen LogP contribution is 2.46. The molecule has 0 saturated carbocycles. The Morgan fingerprint density at radius 2 is 1.43 bits per heavy atom. The van der Waals surface area contributed by atoms with E-state index in [4.69, 9.17) is 5.11 Å². The Morgan fingerprint density at radius 3 is 2.06 bits per heavy atom. The van der Waals surface area contributed by atoms with Crippen LogP contribution < -0.4 is 0 Å². The molecule has 1 aliphatic heterocycles. The normalized spacial score (nSPS) is 19.2. The summed E-state index contributed by atoms with van der Waals surface area (Å²) in [4.78, 5) is 43.5. The highest BCUT2D eigenvalue weighted by molar-refractivity contribution is 6.44. The maximum Gasteiger partial charge on any atom is 0.295 e. The van der Waals surface area contributed by atoms with Crippen molar-refractivity contribution in [2.24, 2.45) is 0 Å². The molecule has 1 aliphatic carbocycles. The average Bonchev–Trinajstić information content (AvgIpc) is 2.86.